The van der Waals surface area contributed by atoms with Gasteiger partial charge >= 0.3 is 0 Å². The van der Waals surface area contributed by atoms with Gasteiger partial charge in [-0.05, 0) is 17.7 Å². The molecule has 0 saturated heterocycles. The molecule has 0 aliphatic carbocycles. The Hall–Kier alpha value is -3.75. The highest BCUT2D eigenvalue weighted by atomic mass is 16.3. The summed E-state index contributed by atoms with van der Waals surface area (Å²) >= 11 is 0. The number of amides is 2. The monoisotopic (exact) mass is 353 g/mol. The molecule has 4 rings (SSSR count). The number of anilines is 1. The summed E-state index contributed by atoms with van der Waals surface area (Å²) in [6.07, 6.45) is 1.93. The summed E-state index contributed by atoms with van der Waals surface area (Å²) < 4.78 is 0. The van der Waals surface area contributed by atoms with E-state index >= 15 is 0 Å². The molecule has 0 saturated carbocycles. The predicted octanol–water partition coefficient (Wildman–Crippen LogP) is 1.23. The number of aromatic nitrogens is 3. The number of nitrogens with one attached hydrogen (secondary N) is 2. The van der Waals surface area contributed by atoms with Crippen LogP contribution in [0.5, 0.6) is 0 Å². The SMILES string of the molecule is NC(=O)c1[nH]nc2c1C(c1ccnc3ccccc13)CC(=O)N2.O=CO. The number of pyridine rings is 1. The van der Waals surface area contributed by atoms with Crippen molar-refractivity contribution in [1.82, 2.24) is 15.2 Å². The maximum absolute atomic E-state index is 12.0. The van der Waals surface area contributed by atoms with E-state index in [2.05, 4.69) is 20.5 Å². The normalized spacial score (nSPS) is 15.4. The number of hydrogen-bond donors (Lipinski definition) is 4. The standard InChI is InChI=1S/C16H13N5O2.CH2O2/c17-15(23)14-13-10(7-12(22)19-16(13)21-20-14)8-5-6-18-11-4-2-1-3-9(8)11;2-1-3/h1-6,10H,7H2,(H2,17,23)(H2,19,20,21,22);1H,(H,2,3). The van der Waals surface area contributed by atoms with Crippen LogP contribution < -0.4 is 11.1 Å². The molecule has 9 nitrogen and oxygen atoms in total. The fourth-order valence-electron chi connectivity index (χ4n) is 3.13. The van der Waals surface area contributed by atoms with Crippen LogP contribution in [0.3, 0.4) is 0 Å². The van der Waals surface area contributed by atoms with Crippen LogP contribution in [0.1, 0.15) is 34.0 Å². The van der Waals surface area contributed by atoms with E-state index in [1.165, 1.54) is 0 Å². The van der Waals surface area contributed by atoms with Gasteiger partial charge in [0.15, 0.2) is 5.82 Å². The van der Waals surface area contributed by atoms with Gasteiger partial charge in [0.2, 0.25) is 5.91 Å². The number of aromatic amines is 1. The molecule has 1 aromatic carbocycles. The van der Waals surface area contributed by atoms with Crippen LogP contribution >= 0.6 is 0 Å². The Labute approximate surface area is 147 Å². The van der Waals surface area contributed by atoms with Gasteiger partial charge in [0, 0.05) is 29.5 Å². The summed E-state index contributed by atoms with van der Waals surface area (Å²) in [5.41, 5.74) is 8.06. The van der Waals surface area contributed by atoms with Crippen molar-refractivity contribution in [3.05, 3.63) is 53.3 Å². The first kappa shape index (κ1) is 17.1. The van der Waals surface area contributed by atoms with E-state index in [0.717, 1.165) is 16.5 Å². The minimum atomic E-state index is -0.599. The van der Waals surface area contributed by atoms with Gasteiger partial charge in [0.1, 0.15) is 5.69 Å². The molecule has 0 spiro atoms. The molecule has 5 N–H and O–H groups in total. The largest absolute Gasteiger partial charge is 0.483 e. The van der Waals surface area contributed by atoms with Crippen LogP contribution in [0, 0.1) is 0 Å². The van der Waals surface area contributed by atoms with Gasteiger partial charge in [-0.2, -0.15) is 5.10 Å². The highest BCUT2D eigenvalue weighted by Crippen LogP contribution is 2.40. The van der Waals surface area contributed by atoms with Crippen molar-refractivity contribution in [2.24, 2.45) is 5.73 Å². The first-order valence-electron chi connectivity index (χ1n) is 7.66. The molecule has 3 aromatic rings. The second-order valence-electron chi connectivity index (χ2n) is 5.55. The van der Waals surface area contributed by atoms with Gasteiger partial charge in [-0.1, -0.05) is 18.2 Å². The number of fused-ring (bicyclic) bond motifs is 2. The van der Waals surface area contributed by atoms with Gasteiger partial charge in [-0.25, -0.2) is 0 Å². The zero-order valence-corrected chi connectivity index (χ0v) is 13.5. The van der Waals surface area contributed by atoms with Gasteiger partial charge < -0.3 is 16.2 Å². The van der Waals surface area contributed by atoms with E-state index in [0.29, 0.717) is 11.4 Å². The number of para-hydroxylation sites is 1. The number of nitrogens with zero attached hydrogens (tertiary/aromatic N) is 2. The lowest BCUT2D eigenvalue weighted by atomic mass is 9.84. The number of H-pyrrole nitrogens is 1. The molecular weight excluding hydrogens is 338 g/mol. The molecule has 0 radical (unpaired) electrons. The third-order valence-corrected chi connectivity index (χ3v) is 4.10. The lowest BCUT2D eigenvalue weighted by Crippen LogP contribution is -2.25. The van der Waals surface area contributed by atoms with Gasteiger partial charge in [-0.3, -0.25) is 24.5 Å². The fourth-order valence-corrected chi connectivity index (χ4v) is 3.13. The molecule has 1 aliphatic rings. The summed E-state index contributed by atoms with van der Waals surface area (Å²) in [5.74, 6) is -0.682. The number of carbonyl (C=O) groups excluding carboxylic acids is 2. The fraction of sp³-hybridized carbons (Fsp3) is 0.118. The molecule has 9 heteroatoms. The highest BCUT2D eigenvalue weighted by Gasteiger charge is 2.33. The van der Waals surface area contributed by atoms with E-state index < -0.39 is 5.91 Å². The maximum Gasteiger partial charge on any atom is 0.290 e. The zero-order valence-electron chi connectivity index (χ0n) is 13.5. The Morgan fingerprint density at radius 3 is 2.77 bits per heavy atom. The maximum atomic E-state index is 12.0. The lowest BCUT2D eigenvalue weighted by Gasteiger charge is -2.23. The van der Waals surface area contributed by atoms with Crippen molar-refractivity contribution in [2.45, 2.75) is 12.3 Å². The van der Waals surface area contributed by atoms with E-state index in [1.807, 2.05) is 30.3 Å². The Balaban J connectivity index is 0.000000613. The van der Waals surface area contributed by atoms with E-state index in [-0.39, 0.29) is 30.4 Å². The van der Waals surface area contributed by atoms with Crippen molar-refractivity contribution in [3.8, 4) is 0 Å². The van der Waals surface area contributed by atoms with E-state index in [4.69, 9.17) is 15.6 Å². The molecule has 132 valence electrons. The molecule has 1 unspecified atom stereocenters. The molecule has 0 bridgehead atoms. The van der Waals surface area contributed by atoms with Crippen LogP contribution in [0.4, 0.5) is 5.82 Å². The molecule has 1 aliphatic heterocycles. The summed E-state index contributed by atoms with van der Waals surface area (Å²) in [6, 6.07) is 9.56. The Bertz CT molecular complexity index is 992. The molecule has 2 amide bonds. The highest BCUT2D eigenvalue weighted by molar-refractivity contribution is 6.01. The number of hydrogen-bond acceptors (Lipinski definition) is 5. The summed E-state index contributed by atoms with van der Waals surface area (Å²) in [6.45, 7) is -0.250. The smallest absolute Gasteiger partial charge is 0.290 e. The third kappa shape index (κ3) is 2.97. The number of benzene rings is 1. The van der Waals surface area contributed by atoms with Crippen molar-refractivity contribution in [1.29, 1.82) is 0 Å². The summed E-state index contributed by atoms with van der Waals surface area (Å²) in [7, 11) is 0. The number of carbonyl (C=O) groups is 3. The minimum absolute atomic E-state index is 0.147. The van der Waals surface area contributed by atoms with Crippen molar-refractivity contribution in [2.75, 3.05) is 5.32 Å². The van der Waals surface area contributed by atoms with Crippen LogP contribution in [-0.4, -0.2) is 38.6 Å². The quantitative estimate of drug-likeness (QED) is 0.509. The average Bonchev–Trinajstić information content (AvgIpc) is 3.05. The predicted molar refractivity (Wildman–Crippen MR) is 92.6 cm³/mol. The Morgan fingerprint density at radius 2 is 2.04 bits per heavy atom. The summed E-state index contributed by atoms with van der Waals surface area (Å²) in [4.78, 5) is 36.4. The zero-order chi connectivity index (χ0) is 18.7. The van der Waals surface area contributed by atoms with Gasteiger partial charge in [0.05, 0.1) is 5.52 Å². The van der Waals surface area contributed by atoms with Crippen LogP contribution in [0.25, 0.3) is 10.9 Å². The topological polar surface area (TPSA) is 151 Å². The van der Waals surface area contributed by atoms with E-state index in [1.54, 1.807) is 6.20 Å². The van der Waals surface area contributed by atoms with Crippen molar-refractivity contribution < 1.29 is 19.5 Å². The molecule has 2 aromatic heterocycles. The average molecular weight is 353 g/mol. The Kier molecular flexibility index (Phi) is 4.61. The van der Waals surface area contributed by atoms with Crippen LogP contribution in [0.15, 0.2) is 36.5 Å². The number of primary amides is 1. The first-order chi connectivity index (χ1) is 12.6. The lowest BCUT2D eigenvalue weighted by molar-refractivity contribution is -0.123. The third-order valence-electron chi connectivity index (χ3n) is 4.10. The molecule has 0 fully saturated rings. The number of rotatable bonds is 2. The second kappa shape index (κ2) is 7.01. The molecular formula is C17H15N5O4. The van der Waals surface area contributed by atoms with E-state index in [9.17, 15) is 9.59 Å². The van der Waals surface area contributed by atoms with Crippen LogP contribution in [0.2, 0.25) is 0 Å². The molecule has 26 heavy (non-hydrogen) atoms. The van der Waals surface area contributed by atoms with Gasteiger partial charge in [0.25, 0.3) is 12.4 Å². The summed E-state index contributed by atoms with van der Waals surface area (Å²) in [5, 5.41) is 17.1. The minimum Gasteiger partial charge on any atom is -0.483 e. The van der Waals surface area contributed by atoms with Gasteiger partial charge in [-0.15, -0.1) is 0 Å². The number of nitrogens with two attached hydrogens (primary N) is 1. The number of carboxylic acid groups (broad SMARTS) is 1. The van der Waals surface area contributed by atoms with Crippen molar-refractivity contribution >= 4 is 35.0 Å². The molecule has 3 heterocycles. The van der Waals surface area contributed by atoms with Crippen LogP contribution in [-0.2, 0) is 9.59 Å². The molecule has 1 atom stereocenters. The van der Waals surface area contributed by atoms with Crippen molar-refractivity contribution in [3.63, 3.8) is 0 Å². The Morgan fingerprint density at radius 1 is 1.31 bits per heavy atom. The second-order valence-corrected chi connectivity index (χ2v) is 5.55. The first-order valence-corrected chi connectivity index (χ1v) is 7.66.